The Morgan fingerprint density at radius 2 is 1.86 bits per heavy atom. The number of sulfonamides is 1. The third kappa shape index (κ3) is 3.18. The van der Waals surface area contributed by atoms with Crippen LogP contribution in [-0.4, -0.2) is 65.5 Å². The molecule has 10 heteroatoms. The van der Waals surface area contributed by atoms with Gasteiger partial charge >= 0.3 is 0 Å². The molecule has 2 aromatic heterocycles. The maximum absolute atomic E-state index is 12.9. The standard InChI is InChI=1S/C18H22N6O3S/c1-13-21-17(11-22(13)2)28(25,26)24-8-6-23(7-9-24)14-4-5-16-15(10-14)18(27-3)20-12-19-16/h4-5,10-12H,6-9H2,1-3H3. The van der Waals surface area contributed by atoms with Gasteiger partial charge in [-0.25, -0.2) is 23.4 Å². The first-order valence-electron chi connectivity index (χ1n) is 8.94. The van der Waals surface area contributed by atoms with Gasteiger partial charge in [0.15, 0.2) is 5.03 Å². The van der Waals surface area contributed by atoms with Crippen LogP contribution < -0.4 is 9.64 Å². The molecular weight excluding hydrogens is 380 g/mol. The van der Waals surface area contributed by atoms with Crippen LogP contribution >= 0.6 is 0 Å². The number of fused-ring (bicyclic) bond motifs is 1. The van der Waals surface area contributed by atoms with Crippen molar-refractivity contribution >= 4 is 26.6 Å². The highest BCUT2D eigenvalue weighted by Gasteiger charge is 2.30. The molecule has 1 saturated heterocycles. The van der Waals surface area contributed by atoms with Crippen molar-refractivity contribution in [2.24, 2.45) is 7.05 Å². The number of benzene rings is 1. The Kier molecular flexibility index (Phi) is 4.68. The summed E-state index contributed by atoms with van der Waals surface area (Å²) in [5.41, 5.74) is 1.80. The maximum atomic E-state index is 12.9. The highest BCUT2D eigenvalue weighted by Crippen LogP contribution is 2.27. The minimum absolute atomic E-state index is 0.105. The fraction of sp³-hybridized carbons (Fsp3) is 0.389. The third-order valence-electron chi connectivity index (χ3n) is 5.07. The number of nitrogens with zero attached hydrogens (tertiary/aromatic N) is 6. The quantitative estimate of drug-likeness (QED) is 0.647. The van der Waals surface area contributed by atoms with E-state index in [1.807, 2.05) is 18.2 Å². The summed E-state index contributed by atoms with van der Waals surface area (Å²) < 4.78 is 34.2. The first-order valence-corrected chi connectivity index (χ1v) is 10.4. The number of piperazine rings is 1. The van der Waals surface area contributed by atoms with Crippen LogP contribution in [0.2, 0.25) is 0 Å². The summed E-state index contributed by atoms with van der Waals surface area (Å²) in [6.45, 7) is 3.77. The van der Waals surface area contributed by atoms with Crippen molar-refractivity contribution < 1.29 is 13.2 Å². The van der Waals surface area contributed by atoms with E-state index in [1.165, 1.54) is 10.6 Å². The molecule has 0 radical (unpaired) electrons. The highest BCUT2D eigenvalue weighted by atomic mass is 32.2. The van der Waals surface area contributed by atoms with Gasteiger partial charge < -0.3 is 14.2 Å². The van der Waals surface area contributed by atoms with E-state index in [9.17, 15) is 8.42 Å². The molecule has 9 nitrogen and oxygen atoms in total. The number of anilines is 1. The number of aromatic nitrogens is 4. The van der Waals surface area contributed by atoms with Gasteiger partial charge in [0.25, 0.3) is 10.0 Å². The zero-order chi connectivity index (χ0) is 19.9. The topological polar surface area (TPSA) is 93.5 Å². The lowest BCUT2D eigenvalue weighted by Crippen LogP contribution is -2.48. The molecule has 1 aromatic carbocycles. The van der Waals surface area contributed by atoms with Gasteiger partial charge in [0.2, 0.25) is 5.88 Å². The molecule has 3 heterocycles. The molecule has 4 rings (SSSR count). The van der Waals surface area contributed by atoms with E-state index in [0.717, 1.165) is 16.6 Å². The molecule has 148 valence electrons. The van der Waals surface area contributed by atoms with Gasteiger partial charge in [-0.2, -0.15) is 4.31 Å². The molecule has 28 heavy (non-hydrogen) atoms. The molecule has 0 aliphatic carbocycles. The van der Waals surface area contributed by atoms with Crippen LogP contribution in [0.4, 0.5) is 5.69 Å². The van der Waals surface area contributed by atoms with Crippen molar-refractivity contribution in [2.75, 3.05) is 38.2 Å². The van der Waals surface area contributed by atoms with Gasteiger partial charge in [0, 0.05) is 45.1 Å². The number of methoxy groups -OCH3 is 1. The number of aryl methyl sites for hydroxylation is 2. The molecule has 1 aliphatic rings. The largest absolute Gasteiger partial charge is 0.480 e. The number of imidazole rings is 1. The van der Waals surface area contributed by atoms with Crippen molar-refractivity contribution in [3.8, 4) is 5.88 Å². The molecule has 0 atom stereocenters. The van der Waals surface area contributed by atoms with Crippen molar-refractivity contribution in [3.63, 3.8) is 0 Å². The number of hydrogen-bond donors (Lipinski definition) is 0. The Morgan fingerprint density at radius 1 is 1.11 bits per heavy atom. The van der Waals surface area contributed by atoms with Gasteiger partial charge in [0.05, 0.1) is 18.0 Å². The Balaban J connectivity index is 1.53. The predicted octanol–water partition coefficient (Wildman–Crippen LogP) is 1.19. The van der Waals surface area contributed by atoms with Gasteiger partial charge in [-0.05, 0) is 25.1 Å². The first kappa shape index (κ1) is 18.6. The van der Waals surface area contributed by atoms with Crippen molar-refractivity contribution in [1.82, 2.24) is 23.8 Å². The van der Waals surface area contributed by atoms with E-state index >= 15 is 0 Å². The summed E-state index contributed by atoms with van der Waals surface area (Å²) in [4.78, 5) is 14.7. The second-order valence-corrected chi connectivity index (χ2v) is 8.60. The van der Waals surface area contributed by atoms with E-state index in [1.54, 1.807) is 31.8 Å². The van der Waals surface area contributed by atoms with Crippen LogP contribution in [0.1, 0.15) is 5.82 Å². The molecule has 0 saturated carbocycles. The predicted molar refractivity (Wildman–Crippen MR) is 105 cm³/mol. The fourth-order valence-corrected chi connectivity index (χ4v) is 4.80. The molecule has 1 aliphatic heterocycles. The third-order valence-corrected chi connectivity index (χ3v) is 6.84. The van der Waals surface area contributed by atoms with Gasteiger partial charge in [-0.1, -0.05) is 0 Å². The van der Waals surface area contributed by atoms with Crippen LogP contribution in [0.15, 0.2) is 35.7 Å². The minimum Gasteiger partial charge on any atom is -0.480 e. The van der Waals surface area contributed by atoms with Crippen LogP contribution in [0.5, 0.6) is 5.88 Å². The highest BCUT2D eigenvalue weighted by molar-refractivity contribution is 7.89. The Hall–Kier alpha value is -2.72. The van der Waals surface area contributed by atoms with Crippen molar-refractivity contribution in [3.05, 3.63) is 36.5 Å². The molecule has 0 N–H and O–H groups in total. The number of rotatable bonds is 4. The number of ether oxygens (including phenoxy) is 1. The summed E-state index contributed by atoms with van der Waals surface area (Å²) >= 11 is 0. The van der Waals surface area contributed by atoms with Gasteiger partial charge in [-0.3, -0.25) is 0 Å². The average molecular weight is 402 g/mol. The fourth-order valence-electron chi connectivity index (χ4n) is 3.35. The van der Waals surface area contributed by atoms with Crippen molar-refractivity contribution in [1.29, 1.82) is 0 Å². The van der Waals surface area contributed by atoms with E-state index < -0.39 is 10.0 Å². The second kappa shape index (κ2) is 7.02. The van der Waals surface area contributed by atoms with Gasteiger partial charge in [-0.15, -0.1) is 0 Å². The molecule has 0 bridgehead atoms. The molecule has 3 aromatic rings. The minimum atomic E-state index is -3.58. The van der Waals surface area contributed by atoms with Crippen LogP contribution in [0, 0.1) is 6.92 Å². The zero-order valence-electron chi connectivity index (χ0n) is 16.0. The average Bonchev–Trinajstić information content (AvgIpc) is 3.06. The van der Waals surface area contributed by atoms with Gasteiger partial charge in [0.1, 0.15) is 12.2 Å². The summed E-state index contributed by atoms with van der Waals surface area (Å²) in [6.07, 6.45) is 3.04. The Bertz CT molecular complexity index is 1100. The Labute approximate surface area is 163 Å². The van der Waals surface area contributed by atoms with E-state index in [0.29, 0.717) is 37.9 Å². The SMILES string of the molecule is COc1ncnc2ccc(N3CCN(S(=O)(=O)c4cn(C)c(C)n4)CC3)cc12. The lowest BCUT2D eigenvalue weighted by molar-refractivity contribution is 0.383. The zero-order valence-corrected chi connectivity index (χ0v) is 16.8. The molecule has 1 fully saturated rings. The molecular formula is C18H22N6O3S. The summed E-state index contributed by atoms with van der Waals surface area (Å²) in [7, 11) is -0.210. The van der Waals surface area contributed by atoms with E-state index in [-0.39, 0.29) is 5.03 Å². The van der Waals surface area contributed by atoms with Crippen LogP contribution in [0.25, 0.3) is 10.9 Å². The molecule has 0 spiro atoms. The van der Waals surface area contributed by atoms with E-state index in [4.69, 9.17) is 4.74 Å². The molecule has 0 amide bonds. The summed E-state index contributed by atoms with van der Waals surface area (Å²) in [5.74, 6) is 1.20. The van der Waals surface area contributed by atoms with Crippen LogP contribution in [0.3, 0.4) is 0 Å². The molecule has 0 unspecified atom stereocenters. The second-order valence-electron chi connectivity index (χ2n) is 6.71. The lowest BCUT2D eigenvalue weighted by Gasteiger charge is -2.35. The summed E-state index contributed by atoms with van der Waals surface area (Å²) in [5, 5.41) is 0.940. The first-order chi connectivity index (χ1) is 13.4. The van der Waals surface area contributed by atoms with Crippen molar-refractivity contribution in [2.45, 2.75) is 11.9 Å². The van der Waals surface area contributed by atoms with Crippen LogP contribution in [-0.2, 0) is 17.1 Å². The summed E-state index contributed by atoms with van der Waals surface area (Å²) in [6, 6.07) is 5.90. The number of hydrogen-bond acceptors (Lipinski definition) is 7. The normalized spacial score (nSPS) is 15.9. The monoisotopic (exact) mass is 402 g/mol. The Morgan fingerprint density at radius 3 is 2.50 bits per heavy atom. The lowest BCUT2D eigenvalue weighted by atomic mass is 10.2. The maximum Gasteiger partial charge on any atom is 0.262 e. The smallest absolute Gasteiger partial charge is 0.262 e. The van der Waals surface area contributed by atoms with E-state index in [2.05, 4.69) is 19.9 Å².